The molecule has 0 bridgehead atoms. The molecule has 0 spiro atoms. The summed E-state index contributed by atoms with van der Waals surface area (Å²) in [6.07, 6.45) is 0.883. The molecule has 1 aromatic heterocycles. The Balaban J connectivity index is 1.67. The highest BCUT2D eigenvalue weighted by atomic mass is 19.3. The van der Waals surface area contributed by atoms with Gasteiger partial charge in [0.05, 0.1) is 32.6 Å². The number of aromatic nitrogens is 1. The van der Waals surface area contributed by atoms with Crippen molar-refractivity contribution in [1.29, 1.82) is 0 Å². The van der Waals surface area contributed by atoms with Gasteiger partial charge >= 0.3 is 0 Å². The Hall–Kier alpha value is -1.80. The van der Waals surface area contributed by atoms with Crippen molar-refractivity contribution in [1.82, 2.24) is 9.88 Å². The summed E-state index contributed by atoms with van der Waals surface area (Å²) in [5, 5.41) is 2.69. The number of halogens is 2. The van der Waals surface area contributed by atoms with E-state index in [0.717, 1.165) is 24.2 Å². The Morgan fingerprint density at radius 1 is 1.48 bits per heavy atom. The van der Waals surface area contributed by atoms with Crippen LogP contribution < -0.4 is 10.1 Å². The van der Waals surface area contributed by atoms with E-state index in [4.69, 9.17) is 9.47 Å². The number of rotatable bonds is 4. The molecule has 0 aliphatic carbocycles. The number of nitrogens with zero attached hydrogens (tertiary/aromatic N) is 2. The minimum atomic E-state index is -2.48. The predicted octanol–water partition coefficient (Wildman–Crippen LogP) is 1.31. The predicted molar refractivity (Wildman–Crippen MR) is 78.9 cm³/mol. The van der Waals surface area contributed by atoms with Crippen LogP contribution in [-0.2, 0) is 16.0 Å². The maximum absolute atomic E-state index is 12.6. The Labute approximate surface area is 132 Å². The molecule has 3 rings (SSSR count). The first-order valence-electron chi connectivity index (χ1n) is 7.66. The summed E-state index contributed by atoms with van der Waals surface area (Å²) >= 11 is 0. The minimum absolute atomic E-state index is 0.104. The van der Waals surface area contributed by atoms with Crippen LogP contribution in [0.25, 0.3) is 0 Å². The summed E-state index contributed by atoms with van der Waals surface area (Å²) in [6, 6.07) is 1.04. The van der Waals surface area contributed by atoms with Crippen molar-refractivity contribution < 1.29 is 23.0 Å². The van der Waals surface area contributed by atoms with Gasteiger partial charge in [-0.25, -0.2) is 13.8 Å². The summed E-state index contributed by atoms with van der Waals surface area (Å²) in [5.41, 5.74) is 0.992. The molecule has 6 nitrogen and oxygen atoms in total. The molecule has 0 unspecified atom stereocenters. The standard InChI is InChI=1S/C15H19F2N3O3/c16-13(17)8-20-3-5-22-9-11(20)15(21)19-14-6-10-2-1-4-23-12(10)7-18-14/h6-7,11,13H,1-5,8-9H2,(H,18,19,21)/t11-/m1/s1. The summed E-state index contributed by atoms with van der Waals surface area (Å²) in [7, 11) is 0. The molecule has 2 aliphatic rings. The second-order valence-corrected chi connectivity index (χ2v) is 5.60. The van der Waals surface area contributed by atoms with Crippen molar-refractivity contribution in [2.75, 3.05) is 38.2 Å². The van der Waals surface area contributed by atoms with Crippen molar-refractivity contribution >= 4 is 11.7 Å². The quantitative estimate of drug-likeness (QED) is 0.903. The zero-order chi connectivity index (χ0) is 16.2. The fourth-order valence-electron chi connectivity index (χ4n) is 2.81. The van der Waals surface area contributed by atoms with Crippen molar-refractivity contribution in [2.24, 2.45) is 0 Å². The van der Waals surface area contributed by atoms with Crippen LogP contribution in [0, 0.1) is 0 Å². The number of hydrogen-bond donors (Lipinski definition) is 1. The van der Waals surface area contributed by atoms with Crippen molar-refractivity contribution in [3.8, 4) is 5.75 Å². The Morgan fingerprint density at radius 2 is 2.35 bits per heavy atom. The third-order valence-electron chi connectivity index (χ3n) is 3.96. The van der Waals surface area contributed by atoms with Gasteiger partial charge in [-0.3, -0.25) is 9.69 Å². The maximum Gasteiger partial charge on any atom is 0.251 e. The van der Waals surface area contributed by atoms with Gasteiger partial charge < -0.3 is 14.8 Å². The number of hydrogen-bond acceptors (Lipinski definition) is 5. The van der Waals surface area contributed by atoms with Crippen LogP contribution in [0.1, 0.15) is 12.0 Å². The maximum atomic E-state index is 12.6. The average Bonchev–Trinajstić information content (AvgIpc) is 2.54. The van der Waals surface area contributed by atoms with Gasteiger partial charge in [0.2, 0.25) is 5.91 Å². The van der Waals surface area contributed by atoms with Gasteiger partial charge in [-0.05, 0) is 24.5 Å². The lowest BCUT2D eigenvalue weighted by molar-refractivity contribution is -0.128. The minimum Gasteiger partial charge on any atom is -0.492 e. The summed E-state index contributed by atoms with van der Waals surface area (Å²) < 4.78 is 36.0. The van der Waals surface area contributed by atoms with Gasteiger partial charge in [0, 0.05) is 6.54 Å². The number of ether oxygens (including phenoxy) is 2. The van der Waals surface area contributed by atoms with Crippen LogP contribution in [0.2, 0.25) is 0 Å². The molecule has 23 heavy (non-hydrogen) atoms. The smallest absolute Gasteiger partial charge is 0.251 e. The van der Waals surface area contributed by atoms with Gasteiger partial charge in [-0.2, -0.15) is 0 Å². The molecule has 126 valence electrons. The molecule has 1 N–H and O–H groups in total. The van der Waals surface area contributed by atoms with Gasteiger partial charge in [0.1, 0.15) is 17.6 Å². The van der Waals surface area contributed by atoms with Gasteiger partial charge in [-0.15, -0.1) is 0 Å². The first-order chi connectivity index (χ1) is 11.1. The van der Waals surface area contributed by atoms with Gasteiger partial charge in [0.25, 0.3) is 6.43 Å². The largest absolute Gasteiger partial charge is 0.492 e. The number of alkyl halides is 2. The Kier molecular flexibility index (Phi) is 5.02. The molecule has 8 heteroatoms. The Morgan fingerprint density at radius 3 is 3.17 bits per heavy atom. The normalized spacial score (nSPS) is 21.6. The molecule has 0 radical (unpaired) electrons. The Bertz CT molecular complexity index is 571. The number of morpholine rings is 1. The molecule has 3 heterocycles. The van der Waals surface area contributed by atoms with E-state index in [0.29, 0.717) is 25.6 Å². The van der Waals surface area contributed by atoms with Crippen LogP contribution in [0.5, 0.6) is 5.75 Å². The van der Waals surface area contributed by atoms with E-state index in [1.165, 1.54) is 4.90 Å². The van der Waals surface area contributed by atoms with Crippen LogP contribution in [0.15, 0.2) is 12.3 Å². The fourth-order valence-corrected chi connectivity index (χ4v) is 2.81. The number of fused-ring (bicyclic) bond motifs is 1. The monoisotopic (exact) mass is 327 g/mol. The van der Waals surface area contributed by atoms with Crippen LogP contribution in [-0.4, -0.2) is 61.2 Å². The van der Waals surface area contributed by atoms with E-state index in [2.05, 4.69) is 10.3 Å². The van der Waals surface area contributed by atoms with Crippen molar-refractivity contribution in [3.63, 3.8) is 0 Å². The molecule has 0 aromatic carbocycles. The zero-order valence-electron chi connectivity index (χ0n) is 12.6. The summed E-state index contributed by atoms with van der Waals surface area (Å²) in [5.74, 6) is 0.755. The van der Waals surface area contributed by atoms with Gasteiger partial charge in [0.15, 0.2) is 0 Å². The third kappa shape index (κ3) is 3.94. The second-order valence-electron chi connectivity index (χ2n) is 5.60. The topological polar surface area (TPSA) is 63.7 Å². The molecule has 1 amide bonds. The lowest BCUT2D eigenvalue weighted by Crippen LogP contribution is -2.53. The molecule has 1 saturated heterocycles. The highest BCUT2D eigenvalue weighted by molar-refractivity contribution is 5.94. The summed E-state index contributed by atoms with van der Waals surface area (Å²) in [6.45, 7) is 1.00. The van der Waals surface area contributed by atoms with Crippen molar-refractivity contribution in [2.45, 2.75) is 25.3 Å². The third-order valence-corrected chi connectivity index (χ3v) is 3.96. The van der Waals surface area contributed by atoms with E-state index < -0.39 is 19.0 Å². The first-order valence-corrected chi connectivity index (χ1v) is 7.66. The van der Waals surface area contributed by atoms with E-state index in [9.17, 15) is 13.6 Å². The second kappa shape index (κ2) is 7.18. The average molecular weight is 327 g/mol. The van der Waals surface area contributed by atoms with Crippen molar-refractivity contribution in [3.05, 3.63) is 17.8 Å². The van der Waals surface area contributed by atoms with E-state index in [-0.39, 0.29) is 12.5 Å². The van der Waals surface area contributed by atoms with Gasteiger partial charge in [-0.1, -0.05) is 0 Å². The number of nitrogens with one attached hydrogen (secondary N) is 1. The zero-order valence-corrected chi connectivity index (χ0v) is 12.6. The molecular weight excluding hydrogens is 308 g/mol. The number of amides is 1. The van der Waals surface area contributed by atoms with E-state index >= 15 is 0 Å². The summed E-state index contributed by atoms with van der Waals surface area (Å²) in [4.78, 5) is 18.0. The molecular formula is C15H19F2N3O3. The molecule has 1 fully saturated rings. The van der Waals surface area contributed by atoms with E-state index in [1.807, 2.05) is 0 Å². The lowest BCUT2D eigenvalue weighted by atomic mass is 10.1. The molecule has 2 aliphatic heterocycles. The van der Waals surface area contributed by atoms with Crippen LogP contribution >= 0.6 is 0 Å². The number of aryl methyl sites for hydroxylation is 1. The number of carbonyl (C=O) groups is 1. The van der Waals surface area contributed by atoms with E-state index in [1.54, 1.807) is 12.3 Å². The fraction of sp³-hybridized carbons (Fsp3) is 0.600. The molecule has 0 saturated carbocycles. The highest BCUT2D eigenvalue weighted by Crippen LogP contribution is 2.25. The first kappa shape index (κ1) is 16.1. The molecule has 1 aromatic rings. The number of anilines is 1. The number of carbonyl (C=O) groups excluding carboxylic acids is 1. The lowest BCUT2D eigenvalue weighted by Gasteiger charge is -2.34. The van der Waals surface area contributed by atoms with Crippen LogP contribution in [0.3, 0.4) is 0 Å². The molecule has 1 atom stereocenters. The highest BCUT2D eigenvalue weighted by Gasteiger charge is 2.31. The van der Waals surface area contributed by atoms with Crippen LogP contribution in [0.4, 0.5) is 14.6 Å². The SMILES string of the molecule is O=C(Nc1cc2c(cn1)OCCC2)[C@H]1COCCN1CC(F)F. The number of pyridine rings is 1.